The van der Waals surface area contributed by atoms with E-state index >= 15 is 0 Å². The molecule has 1 aromatic rings. The van der Waals surface area contributed by atoms with Gasteiger partial charge in [-0.3, -0.25) is 0 Å². The summed E-state index contributed by atoms with van der Waals surface area (Å²) >= 11 is 6.08. The third-order valence-electron chi connectivity index (χ3n) is 4.32. The lowest BCUT2D eigenvalue weighted by molar-refractivity contribution is 0.226. The van der Waals surface area contributed by atoms with Crippen LogP contribution in [-0.2, 0) is 16.6 Å². The minimum Gasteiger partial charge on any atom is -0.326 e. The zero-order valence-electron chi connectivity index (χ0n) is 12.5. The first-order valence-electron chi connectivity index (χ1n) is 7.35. The molecule has 1 aromatic carbocycles. The number of piperidine rings is 1. The van der Waals surface area contributed by atoms with Crippen molar-refractivity contribution in [3.8, 4) is 0 Å². The Hall–Kier alpha value is -0.620. The van der Waals surface area contributed by atoms with Gasteiger partial charge in [-0.1, -0.05) is 31.5 Å². The van der Waals surface area contributed by atoms with Crippen LogP contribution in [0.3, 0.4) is 0 Å². The van der Waals surface area contributed by atoms with Crippen molar-refractivity contribution >= 4 is 21.6 Å². The molecule has 0 unspecified atom stereocenters. The highest BCUT2D eigenvalue weighted by molar-refractivity contribution is 7.89. The van der Waals surface area contributed by atoms with Crippen LogP contribution >= 0.6 is 11.6 Å². The molecule has 0 amide bonds. The summed E-state index contributed by atoms with van der Waals surface area (Å²) < 4.78 is 26.9. The Labute approximate surface area is 132 Å². The van der Waals surface area contributed by atoms with E-state index in [1.165, 1.54) is 6.07 Å². The molecule has 0 aliphatic carbocycles. The number of benzene rings is 1. The highest BCUT2D eigenvalue weighted by Gasteiger charge is 2.30. The van der Waals surface area contributed by atoms with Gasteiger partial charge in [-0.2, -0.15) is 4.31 Å². The monoisotopic (exact) mass is 330 g/mol. The highest BCUT2D eigenvalue weighted by atomic mass is 35.5. The predicted octanol–water partition coefficient (Wildman–Crippen LogP) is 2.86. The summed E-state index contributed by atoms with van der Waals surface area (Å²) in [5, 5.41) is 0.413. The standard InChI is InChI=1S/C15H23ClN2O2S/c1-11(2)12-5-7-18(8-6-12)21(19,20)14-4-3-13(10-17)15(16)9-14/h3-4,9,11-12H,5-8,10,17H2,1-2H3. The molecule has 0 radical (unpaired) electrons. The molecule has 2 rings (SSSR count). The second-order valence-corrected chi connectivity index (χ2v) is 8.29. The fourth-order valence-corrected chi connectivity index (χ4v) is 4.60. The van der Waals surface area contributed by atoms with Crippen LogP contribution in [-0.4, -0.2) is 25.8 Å². The average Bonchev–Trinajstić information content (AvgIpc) is 2.47. The molecule has 0 aromatic heterocycles. The summed E-state index contributed by atoms with van der Waals surface area (Å²) in [5.41, 5.74) is 6.31. The summed E-state index contributed by atoms with van der Waals surface area (Å²) in [6.07, 6.45) is 1.84. The molecular formula is C15H23ClN2O2S. The van der Waals surface area contributed by atoms with Crippen LogP contribution in [0.25, 0.3) is 0 Å². The molecule has 1 heterocycles. The smallest absolute Gasteiger partial charge is 0.243 e. The first kappa shape index (κ1) is 16.7. The second-order valence-electron chi connectivity index (χ2n) is 5.94. The summed E-state index contributed by atoms with van der Waals surface area (Å²) in [7, 11) is -3.45. The number of nitrogens with two attached hydrogens (primary N) is 1. The first-order valence-corrected chi connectivity index (χ1v) is 9.16. The van der Waals surface area contributed by atoms with E-state index in [4.69, 9.17) is 17.3 Å². The molecule has 6 heteroatoms. The summed E-state index contributed by atoms with van der Waals surface area (Å²) in [6.45, 7) is 5.86. The Balaban J connectivity index is 2.17. The lowest BCUT2D eigenvalue weighted by atomic mass is 9.87. The van der Waals surface area contributed by atoms with Gasteiger partial charge in [-0.25, -0.2) is 8.42 Å². The molecule has 0 bridgehead atoms. The number of sulfonamides is 1. The van der Waals surface area contributed by atoms with Crippen LogP contribution in [0.5, 0.6) is 0 Å². The van der Waals surface area contributed by atoms with Crippen molar-refractivity contribution in [2.45, 2.75) is 38.1 Å². The Bertz CT molecular complexity index is 594. The molecule has 0 spiro atoms. The molecule has 1 saturated heterocycles. The molecule has 21 heavy (non-hydrogen) atoms. The topological polar surface area (TPSA) is 63.4 Å². The van der Waals surface area contributed by atoms with E-state index < -0.39 is 10.0 Å². The maximum Gasteiger partial charge on any atom is 0.243 e. The lowest BCUT2D eigenvalue weighted by Crippen LogP contribution is -2.39. The highest BCUT2D eigenvalue weighted by Crippen LogP contribution is 2.29. The van der Waals surface area contributed by atoms with Crippen LogP contribution in [0.4, 0.5) is 0 Å². The average molecular weight is 331 g/mol. The van der Waals surface area contributed by atoms with E-state index in [9.17, 15) is 8.42 Å². The van der Waals surface area contributed by atoms with E-state index in [2.05, 4.69) is 13.8 Å². The third kappa shape index (κ3) is 3.59. The number of halogens is 1. The summed E-state index contributed by atoms with van der Waals surface area (Å²) in [4.78, 5) is 0.257. The van der Waals surface area contributed by atoms with E-state index in [0.29, 0.717) is 36.5 Å². The molecule has 0 atom stereocenters. The lowest BCUT2D eigenvalue weighted by Gasteiger charge is -2.33. The number of nitrogens with zero attached hydrogens (tertiary/aromatic N) is 1. The van der Waals surface area contributed by atoms with E-state index in [1.54, 1.807) is 16.4 Å². The Morgan fingerprint density at radius 2 is 1.95 bits per heavy atom. The van der Waals surface area contributed by atoms with Gasteiger partial charge in [0.25, 0.3) is 0 Å². The zero-order valence-corrected chi connectivity index (χ0v) is 14.1. The van der Waals surface area contributed by atoms with Crippen LogP contribution in [0.2, 0.25) is 5.02 Å². The Morgan fingerprint density at radius 1 is 1.33 bits per heavy atom. The van der Waals surface area contributed by atoms with Crippen molar-refractivity contribution in [2.24, 2.45) is 17.6 Å². The molecule has 1 fully saturated rings. The normalized spacial score (nSPS) is 18.3. The van der Waals surface area contributed by atoms with Crippen LogP contribution in [0.15, 0.2) is 23.1 Å². The van der Waals surface area contributed by atoms with Gasteiger partial charge in [0.05, 0.1) is 4.90 Å². The third-order valence-corrected chi connectivity index (χ3v) is 6.57. The number of hydrogen-bond acceptors (Lipinski definition) is 3. The van der Waals surface area contributed by atoms with Crippen molar-refractivity contribution in [1.82, 2.24) is 4.31 Å². The molecule has 1 aliphatic rings. The van der Waals surface area contributed by atoms with Gasteiger partial charge >= 0.3 is 0 Å². The van der Waals surface area contributed by atoms with Gasteiger partial charge < -0.3 is 5.73 Å². The Morgan fingerprint density at radius 3 is 2.43 bits per heavy atom. The van der Waals surface area contributed by atoms with Gasteiger partial charge in [0.2, 0.25) is 10.0 Å². The molecule has 1 aliphatic heterocycles. The van der Waals surface area contributed by atoms with E-state index in [0.717, 1.165) is 18.4 Å². The van der Waals surface area contributed by atoms with E-state index in [-0.39, 0.29) is 4.90 Å². The summed E-state index contributed by atoms with van der Waals surface area (Å²) in [5.74, 6) is 1.22. The van der Waals surface area contributed by atoms with E-state index in [1.807, 2.05) is 0 Å². The molecule has 118 valence electrons. The van der Waals surface area contributed by atoms with Gasteiger partial charge in [0, 0.05) is 24.7 Å². The first-order chi connectivity index (χ1) is 9.86. The fraction of sp³-hybridized carbons (Fsp3) is 0.600. The number of hydrogen-bond donors (Lipinski definition) is 1. The predicted molar refractivity (Wildman–Crippen MR) is 85.7 cm³/mol. The van der Waals surface area contributed by atoms with Crippen molar-refractivity contribution < 1.29 is 8.42 Å². The quantitative estimate of drug-likeness (QED) is 0.923. The van der Waals surface area contributed by atoms with Crippen LogP contribution in [0, 0.1) is 11.8 Å². The molecule has 0 saturated carbocycles. The summed E-state index contributed by atoms with van der Waals surface area (Å²) in [6, 6.07) is 4.79. The molecular weight excluding hydrogens is 308 g/mol. The maximum absolute atomic E-state index is 12.7. The fourth-order valence-electron chi connectivity index (χ4n) is 2.79. The van der Waals surface area contributed by atoms with Gasteiger partial charge in [0.15, 0.2) is 0 Å². The van der Waals surface area contributed by atoms with Crippen molar-refractivity contribution in [1.29, 1.82) is 0 Å². The van der Waals surface area contributed by atoms with Crippen LogP contribution in [0.1, 0.15) is 32.3 Å². The van der Waals surface area contributed by atoms with Crippen LogP contribution < -0.4 is 5.73 Å². The Kier molecular flexibility index (Phi) is 5.30. The van der Waals surface area contributed by atoms with Gasteiger partial charge in [-0.15, -0.1) is 0 Å². The second kappa shape index (κ2) is 6.65. The largest absolute Gasteiger partial charge is 0.326 e. The van der Waals surface area contributed by atoms with Crippen molar-refractivity contribution in [3.05, 3.63) is 28.8 Å². The molecule has 4 nitrogen and oxygen atoms in total. The van der Waals surface area contributed by atoms with Crippen molar-refractivity contribution in [3.63, 3.8) is 0 Å². The minimum atomic E-state index is -3.45. The minimum absolute atomic E-state index is 0.257. The van der Waals surface area contributed by atoms with Gasteiger partial charge in [0.1, 0.15) is 0 Å². The van der Waals surface area contributed by atoms with Crippen molar-refractivity contribution in [2.75, 3.05) is 13.1 Å². The zero-order chi connectivity index (χ0) is 15.6. The maximum atomic E-state index is 12.7. The SMILES string of the molecule is CC(C)C1CCN(S(=O)(=O)c2ccc(CN)c(Cl)c2)CC1. The van der Waals surface area contributed by atoms with Gasteiger partial charge in [-0.05, 0) is 42.4 Å². The number of rotatable bonds is 4. The molecule has 2 N–H and O–H groups in total.